The molecule has 4 aromatic rings. The number of allylic oxidation sites excluding steroid dienone is 1. The van der Waals surface area contributed by atoms with Gasteiger partial charge < -0.3 is 19.8 Å². The van der Waals surface area contributed by atoms with Gasteiger partial charge in [0.2, 0.25) is 11.8 Å². The minimum absolute atomic E-state index is 0.0195. The van der Waals surface area contributed by atoms with Crippen molar-refractivity contribution in [3.05, 3.63) is 119 Å². The number of ether oxygens (including phenoxy) is 1. The zero-order chi connectivity index (χ0) is 42.6. The molecular formula is C47H49ClFN5O7. The Balaban J connectivity index is 0.805. The molecule has 8 rings (SSSR count). The molecule has 14 heteroatoms. The molecule has 1 unspecified atom stereocenters. The van der Waals surface area contributed by atoms with Crippen LogP contribution in [0.5, 0.6) is 17.2 Å². The number of nitrogens with one attached hydrogen (secondary N) is 1. The van der Waals surface area contributed by atoms with Crippen LogP contribution >= 0.6 is 11.6 Å². The molecule has 0 aromatic heterocycles. The third kappa shape index (κ3) is 9.29. The molecule has 0 bridgehead atoms. The fourth-order valence-corrected chi connectivity index (χ4v) is 9.16. The second kappa shape index (κ2) is 18.5. The lowest BCUT2D eigenvalue weighted by Gasteiger charge is -2.39. The van der Waals surface area contributed by atoms with E-state index in [1.807, 2.05) is 53.4 Å². The summed E-state index contributed by atoms with van der Waals surface area (Å²) in [7, 11) is 0. The number of rotatable bonds is 13. The first-order chi connectivity index (χ1) is 29.6. The minimum atomic E-state index is -1.10. The molecule has 0 aliphatic carbocycles. The number of piperidine rings is 2. The smallest absolute Gasteiger partial charge is 0.262 e. The van der Waals surface area contributed by atoms with Gasteiger partial charge in [-0.05, 0) is 121 Å². The van der Waals surface area contributed by atoms with E-state index >= 15 is 4.39 Å². The number of nitrogens with zero attached hydrogens (tertiary/aromatic N) is 4. The summed E-state index contributed by atoms with van der Waals surface area (Å²) in [6.45, 7) is 6.95. The number of benzene rings is 4. The minimum Gasteiger partial charge on any atom is -0.508 e. The summed E-state index contributed by atoms with van der Waals surface area (Å²) in [5.41, 5.74) is 5.21. The van der Waals surface area contributed by atoms with Crippen LogP contribution in [0, 0.1) is 11.7 Å². The van der Waals surface area contributed by atoms with Crippen LogP contribution in [0.3, 0.4) is 0 Å². The van der Waals surface area contributed by atoms with Crippen LogP contribution in [-0.2, 0) is 9.59 Å². The Kier molecular flexibility index (Phi) is 12.7. The van der Waals surface area contributed by atoms with Crippen molar-refractivity contribution in [2.45, 2.75) is 38.1 Å². The average Bonchev–Trinajstić information content (AvgIpc) is 3.49. The summed E-state index contributed by atoms with van der Waals surface area (Å²) in [4.78, 5) is 58.1. The van der Waals surface area contributed by atoms with E-state index in [2.05, 4.69) is 15.1 Å². The van der Waals surface area contributed by atoms with Crippen LogP contribution in [0.1, 0.15) is 69.5 Å². The second-order valence-electron chi connectivity index (χ2n) is 16.1. The third-order valence-corrected chi connectivity index (χ3v) is 12.5. The van der Waals surface area contributed by atoms with Gasteiger partial charge in [-0.1, -0.05) is 36.4 Å². The molecule has 3 fully saturated rings. The zero-order valence-corrected chi connectivity index (χ0v) is 34.6. The number of hydrogen-bond acceptors (Lipinski definition) is 10. The summed E-state index contributed by atoms with van der Waals surface area (Å²) < 4.78 is 21.7. The van der Waals surface area contributed by atoms with E-state index in [0.29, 0.717) is 37.9 Å². The van der Waals surface area contributed by atoms with Gasteiger partial charge in [0.05, 0.1) is 16.8 Å². The van der Waals surface area contributed by atoms with E-state index in [1.54, 1.807) is 24.3 Å². The summed E-state index contributed by atoms with van der Waals surface area (Å²) >= 11 is 6.30. The summed E-state index contributed by atoms with van der Waals surface area (Å²) in [5, 5.41) is 22.1. The predicted octanol–water partition coefficient (Wildman–Crippen LogP) is 6.14. The van der Waals surface area contributed by atoms with Crippen molar-refractivity contribution in [1.82, 2.24) is 20.0 Å². The maximum absolute atomic E-state index is 15.5. The fourth-order valence-electron chi connectivity index (χ4n) is 8.97. The number of anilines is 1. The molecule has 4 aliphatic heterocycles. The Morgan fingerprint density at radius 2 is 1.33 bits per heavy atom. The zero-order valence-electron chi connectivity index (χ0n) is 33.8. The number of amides is 4. The molecule has 3 N–H and O–H groups in total. The molecule has 4 amide bonds. The number of carbonyl (C=O) groups excluding carboxylic acids is 4. The lowest BCUT2D eigenvalue weighted by atomic mass is 9.88. The lowest BCUT2D eigenvalue weighted by Crippen LogP contribution is -2.54. The van der Waals surface area contributed by atoms with Crippen LogP contribution in [0.4, 0.5) is 10.1 Å². The van der Waals surface area contributed by atoms with Crippen molar-refractivity contribution in [3.8, 4) is 17.2 Å². The molecule has 0 radical (unpaired) electrons. The molecule has 318 valence electrons. The Morgan fingerprint density at radius 3 is 1.93 bits per heavy atom. The Bertz CT molecular complexity index is 2310. The van der Waals surface area contributed by atoms with Crippen molar-refractivity contribution < 1.29 is 38.5 Å². The van der Waals surface area contributed by atoms with E-state index in [0.717, 1.165) is 96.7 Å². The van der Waals surface area contributed by atoms with Crippen molar-refractivity contribution in [3.63, 3.8) is 0 Å². The highest BCUT2D eigenvalue weighted by Gasteiger charge is 2.45. The molecule has 61 heavy (non-hydrogen) atoms. The SMILES string of the molecule is O=C1CCC(N2C(=O)c3cc(F)c(N4CCN(CC5CCN(CCOc6ccc(C(=C(CCCl)c7ccc(O)cc7)c7ccc(O)cc7)cc6)CC5)CC4)cc3C2=O)C(=O)N1. The Labute approximate surface area is 359 Å². The van der Waals surface area contributed by atoms with E-state index in [-0.39, 0.29) is 41.2 Å². The number of piperazine rings is 1. The van der Waals surface area contributed by atoms with Gasteiger partial charge in [0, 0.05) is 51.6 Å². The average molecular weight is 850 g/mol. The predicted molar refractivity (Wildman–Crippen MR) is 230 cm³/mol. The fraction of sp³-hybridized carbons (Fsp3) is 0.362. The Morgan fingerprint density at radius 1 is 0.738 bits per heavy atom. The largest absolute Gasteiger partial charge is 0.508 e. The van der Waals surface area contributed by atoms with Gasteiger partial charge in [0.1, 0.15) is 35.7 Å². The molecule has 4 aromatic carbocycles. The number of phenols is 2. The topological polar surface area (TPSA) is 143 Å². The number of carbonyl (C=O) groups is 4. The quantitative estimate of drug-likeness (QED) is 0.0817. The molecule has 4 heterocycles. The van der Waals surface area contributed by atoms with Crippen molar-refractivity contribution in [2.75, 3.05) is 69.7 Å². The highest BCUT2D eigenvalue weighted by molar-refractivity contribution is 6.24. The second-order valence-corrected chi connectivity index (χ2v) is 16.5. The van der Waals surface area contributed by atoms with Crippen molar-refractivity contribution >= 4 is 52.1 Å². The van der Waals surface area contributed by atoms with Gasteiger partial charge in [-0.2, -0.15) is 0 Å². The highest BCUT2D eigenvalue weighted by atomic mass is 35.5. The molecule has 1 atom stereocenters. The molecule has 0 spiro atoms. The number of fused-ring (bicyclic) bond motifs is 1. The van der Waals surface area contributed by atoms with E-state index in [1.165, 1.54) is 6.07 Å². The molecule has 4 aliphatic rings. The van der Waals surface area contributed by atoms with Crippen LogP contribution in [0.2, 0.25) is 0 Å². The number of halogens is 2. The molecule has 0 saturated carbocycles. The van der Waals surface area contributed by atoms with Gasteiger partial charge in [0.15, 0.2) is 0 Å². The van der Waals surface area contributed by atoms with Gasteiger partial charge in [0.25, 0.3) is 11.8 Å². The number of phenolic OH excluding ortho intramolecular Hbond substituents is 2. The van der Waals surface area contributed by atoms with Gasteiger partial charge in [-0.25, -0.2) is 4.39 Å². The van der Waals surface area contributed by atoms with Crippen LogP contribution in [0.15, 0.2) is 84.9 Å². The Hall–Kier alpha value is -5.76. The third-order valence-electron chi connectivity index (χ3n) is 12.3. The molecule has 12 nitrogen and oxygen atoms in total. The first-order valence-electron chi connectivity index (χ1n) is 20.9. The van der Waals surface area contributed by atoms with Crippen molar-refractivity contribution in [1.29, 1.82) is 0 Å². The van der Waals surface area contributed by atoms with E-state index in [4.69, 9.17) is 16.3 Å². The van der Waals surface area contributed by atoms with Gasteiger partial charge in [-0.3, -0.25) is 39.2 Å². The van der Waals surface area contributed by atoms with Crippen LogP contribution in [-0.4, -0.2) is 119 Å². The normalized spacial score (nSPS) is 19.5. The van der Waals surface area contributed by atoms with E-state index in [9.17, 15) is 29.4 Å². The maximum Gasteiger partial charge on any atom is 0.262 e. The van der Waals surface area contributed by atoms with Gasteiger partial charge >= 0.3 is 0 Å². The highest BCUT2D eigenvalue weighted by Crippen LogP contribution is 2.37. The van der Waals surface area contributed by atoms with Crippen LogP contribution in [0.25, 0.3) is 11.1 Å². The van der Waals surface area contributed by atoms with Crippen molar-refractivity contribution in [2.24, 2.45) is 5.92 Å². The number of aromatic hydroxyl groups is 2. The summed E-state index contributed by atoms with van der Waals surface area (Å²) in [6, 6.07) is 23.7. The standard InChI is InChI=1S/C47H49ClFN5O7/c48-18-15-37(31-1-7-34(55)8-2-31)44(32-3-9-35(56)10-4-32)33-5-11-36(12-6-33)61-26-25-51-19-16-30(17-20-51)29-52-21-23-53(24-22-52)42-28-39-38(27-40(42)49)46(59)54(47(39)60)41-13-14-43(57)50-45(41)58/h1-12,27-28,30,41,55-56H,13-26,29H2,(H,50,57,58). The van der Waals surface area contributed by atoms with Gasteiger partial charge in [-0.15, -0.1) is 11.6 Å². The number of alkyl halides is 1. The maximum atomic E-state index is 15.5. The van der Waals surface area contributed by atoms with E-state index < -0.39 is 35.5 Å². The first-order valence-corrected chi connectivity index (χ1v) is 21.5. The summed E-state index contributed by atoms with van der Waals surface area (Å²) in [6.07, 6.45) is 2.82. The number of likely N-dealkylation sites (tertiary alicyclic amines) is 1. The first kappa shape index (κ1) is 42.0. The molecular weight excluding hydrogens is 801 g/mol. The lowest BCUT2D eigenvalue weighted by molar-refractivity contribution is -0.136. The molecule has 3 saturated heterocycles. The summed E-state index contributed by atoms with van der Waals surface area (Å²) in [5.74, 6) is -0.959. The number of imide groups is 2. The monoisotopic (exact) mass is 849 g/mol. The van der Waals surface area contributed by atoms with Crippen LogP contribution < -0.4 is 15.0 Å². The number of hydrogen-bond donors (Lipinski definition) is 3.